The lowest BCUT2D eigenvalue weighted by molar-refractivity contribution is -0.115. The van der Waals surface area contributed by atoms with E-state index in [1.54, 1.807) is 0 Å². The molecule has 1 saturated heterocycles. The second-order valence-electron chi connectivity index (χ2n) is 6.47. The zero-order valence-corrected chi connectivity index (χ0v) is 14.7. The molecule has 1 aliphatic rings. The quantitative estimate of drug-likeness (QED) is 0.847. The number of anilines is 2. The molecule has 1 aliphatic heterocycles. The molecule has 1 fully saturated rings. The van der Waals surface area contributed by atoms with Crippen LogP contribution in [0.5, 0.6) is 0 Å². The summed E-state index contributed by atoms with van der Waals surface area (Å²) < 4.78 is 0. The molecular weight excluding hydrogens is 312 g/mol. The van der Waals surface area contributed by atoms with Crippen LogP contribution in [0.4, 0.5) is 11.4 Å². The van der Waals surface area contributed by atoms with E-state index >= 15 is 0 Å². The van der Waals surface area contributed by atoms with Gasteiger partial charge in [0.05, 0.1) is 6.54 Å². The fraction of sp³-hybridized carbons (Fsp3) is 0.350. The summed E-state index contributed by atoms with van der Waals surface area (Å²) >= 11 is 0. The van der Waals surface area contributed by atoms with Crippen LogP contribution in [0, 0.1) is 0 Å². The van der Waals surface area contributed by atoms with E-state index in [0.29, 0.717) is 13.1 Å². The van der Waals surface area contributed by atoms with Crippen LogP contribution in [0.3, 0.4) is 0 Å². The van der Waals surface area contributed by atoms with Crippen LogP contribution >= 0.6 is 0 Å². The molecule has 0 unspecified atom stereocenters. The van der Waals surface area contributed by atoms with Crippen LogP contribution in [0.2, 0.25) is 0 Å². The molecule has 2 aromatic carbocycles. The third-order valence-corrected chi connectivity index (χ3v) is 4.48. The molecule has 1 heterocycles. The molecule has 0 atom stereocenters. The Morgan fingerprint density at radius 1 is 0.960 bits per heavy atom. The number of rotatable bonds is 6. The number of amides is 1. The van der Waals surface area contributed by atoms with Crippen LogP contribution in [0.15, 0.2) is 54.6 Å². The van der Waals surface area contributed by atoms with Gasteiger partial charge in [0, 0.05) is 44.1 Å². The molecule has 5 heteroatoms. The number of hydrogen-bond acceptors (Lipinski definition) is 4. The Morgan fingerprint density at radius 2 is 1.64 bits per heavy atom. The summed E-state index contributed by atoms with van der Waals surface area (Å²) in [5.41, 5.74) is 3.23. The molecule has 0 saturated carbocycles. The largest absolute Gasteiger partial charge is 0.369 e. The lowest BCUT2D eigenvalue weighted by atomic mass is 10.2. The van der Waals surface area contributed by atoms with Gasteiger partial charge in [0.1, 0.15) is 0 Å². The first-order valence-electron chi connectivity index (χ1n) is 8.79. The molecular formula is C20H26N4O. The third kappa shape index (κ3) is 5.31. The summed E-state index contributed by atoms with van der Waals surface area (Å²) in [6, 6.07) is 18.2. The molecule has 0 radical (unpaired) electrons. The fourth-order valence-corrected chi connectivity index (χ4v) is 2.94. The number of hydrogen-bond donors (Lipinski definition) is 2. The normalized spacial score (nSPS) is 15.2. The Balaban J connectivity index is 1.44. The van der Waals surface area contributed by atoms with Crippen molar-refractivity contribution in [1.29, 1.82) is 0 Å². The SMILES string of the molecule is CN1CCN(c2ccc(NC(=O)CNCc3ccccc3)cc2)CC1. The van der Waals surface area contributed by atoms with Crippen molar-refractivity contribution in [1.82, 2.24) is 10.2 Å². The maximum absolute atomic E-state index is 12.0. The monoisotopic (exact) mass is 338 g/mol. The number of carbonyl (C=O) groups excluding carboxylic acids is 1. The Kier molecular flexibility index (Phi) is 6.04. The molecule has 132 valence electrons. The van der Waals surface area contributed by atoms with E-state index in [4.69, 9.17) is 0 Å². The highest BCUT2D eigenvalue weighted by Gasteiger charge is 2.14. The van der Waals surface area contributed by atoms with Crippen molar-refractivity contribution in [3.8, 4) is 0 Å². The van der Waals surface area contributed by atoms with Crippen molar-refractivity contribution in [2.24, 2.45) is 0 Å². The van der Waals surface area contributed by atoms with Crippen molar-refractivity contribution in [3.05, 3.63) is 60.2 Å². The molecule has 25 heavy (non-hydrogen) atoms. The minimum absolute atomic E-state index is 0.0247. The molecule has 0 aromatic heterocycles. The minimum Gasteiger partial charge on any atom is -0.369 e. The molecule has 0 spiro atoms. The highest BCUT2D eigenvalue weighted by molar-refractivity contribution is 5.92. The van der Waals surface area contributed by atoms with Crippen LogP contribution < -0.4 is 15.5 Å². The average molecular weight is 338 g/mol. The molecule has 5 nitrogen and oxygen atoms in total. The Morgan fingerprint density at radius 3 is 2.32 bits per heavy atom. The van der Waals surface area contributed by atoms with Crippen LogP contribution in [0.25, 0.3) is 0 Å². The number of benzene rings is 2. The molecule has 2 aromatic rings. The van der Waals surface area contributed by atoms with Gasteiger partial charge in [-0.2, -0.15) is 0 Å². The van der Waals surface area contributed by atoms with E-state index in [9.17, 15) is 4.79 Å². The van der Waals surface area contributed by atoms with Gasteiger partial charge >= 0.3 is 0 Å². The zero-order chi connectivity index (χ0) is 17.5. The Hall–Kier alpha value is -2.37. The predicted octanol–water partition coefficient (Wildman–Crippen LogP) is 2.17. The van der Waals surface area contributed by atoms with E-state index in [0.717, 1.165) is 31.9 Å². The maximum atomic E-state index is 12.0. The van der Waals surface area contributed by atoms with Gasteiger partial charge < -0.3 is 20.4 Å². The van der Waals surface area contributed by atoms with Gasteiger partial charge in [-0.25, -0.2) is 0 Å². The van der Waals surface area contributed by atoms with Gasteiger partial charge in [-0.15, -0.1) is 0 Å². The summed E-state index contributed by atoms with van der Waals surface area (Å²) in [5, 5.41) is 6.10. The molecule has 0 aliphatic carbocycles. The smallest absolute Gasteiger partial charge is 0.238 e. The summed E-state index contributed by atoms with van der Waals surface area (Å²) in [6.07, 6.45) is 0. The number of likely N-dealkylation sites (N-methyl/N-ethyl adjacent to an activating group) is 1. The molecule has 3 rings (SSSR count). The van der Waals surface area contributed by atoms with Gasteiger partial charge in [0.15, 0.2) is 0 Å². The van der Waals surface area contributed by atoms with E-state index in [1.807, 2.05) is 42.5 Å². The first-order chi connectivity index (χ1) is 12.2. The van der Waals surface area contributed by atoms with E-state index < -0.39 is 0 Å². The highest BCUT2D eigenvalue weighted by Crippen LogP contribution is 2.19. The Labute approximate surface area is 149 Å². The van der Waals surface area contributed by atoms with Gasteiger partial charge in [-0.3, -0.25) is 4.79 Å². The lowest BCUT2D eigenvalue weighted by Gasteiger charge is -2.34. The lowest BCUT2D eigenvalue weighted by Crippen LogP contribution is -2.44. The standard InChI is InChI=1S/C20H26N4O/c1-23-11-13-24(14-12-23)19-9-7-18(8-10-19)22-20(25)16-21-15-17-5-3-2-4-6-17/h2-10,21H,11-16H2,1H3,(H,22,25). The number of nitrogens with zero attached hydrogens (tertiary/aromatic N) is 2. The maximum Gasteiger partial charge on any atom is 0.238 e. The van der Waals surface area contributed by atoms with Crippen molar-refractivity contribution in [2.75, 3.05) is 50.0 Å². The number of carbonyl (C=O) groups is 1. The van der Waals surface area contributed by atoms with Gasteiger partial charge in [-0.1, -0.05) is 30.3 Å². The summed E-state index contributed by atoms with van der Waals surface area (Å²) in [5.74, 6) is -0.0247. The summed E-state index contributed by atoms with van der Waals surface area (Å²) in [6.45, 7) is 5.26. The average Bonchev–Trinajstić information content (AvgIpc) is 2.64. The number of nitrogens with one attached hydrogen (secondary N) is 2. The second-order valence-corrected chi connectivity index (χ2v) is 6.47. The topological polar surface area (TPSA) is 47.6 Å². The second kappa shape index (κ2) is 8.65. The van der Waals surface area contributed by atoms with Crippen molar-refractivity contribution in [3.63, 3.8) is 0 Å². The first-order valence-corrected chi connectivity index (χ1v) is 8.79. The number of piperazine rings is 1. The van der Waals surface area contributed by atoms with E-state index in [1.165, 1.54) is 11.3 Å². The highest BCUT2D eigenvalue weighted by atomic mass is 16.1. The van der Waals surface area contributed by atoms with E-state index in [2.05, 4.69) is 39.6 Å². The van der Waals surface area contributed by atoms with Gasteiger partial charge in [0.25, 0.3) is 0 Å². The molecule has 1 amide bonds. The minimum atomic E-state index is -0.0247. The van der Waals surface area contributed by atoms with Crippen LogP contribution in [0.1, 0.15) is 5.56 Å². The molecule has 0 bridgehead atoms. The van der Waals surface area contributed by atoms with Crippen molar-refractivity contribution < 1.29 is 4.79 Å². The predicted molar refractivity (Wildman–Crippen MR) is 103 cm³/mol. The summed E-state index contributed by atoms with van der Waals surface area (Å²) in [7, 11) is 2.15. The van der Waals surface area contributed by atoms with Gasteiger partial charge in [0.2, 0.25) is 5.91 Å². The van der Waals surface area contributed by atoms with Crippen LogP contribution in [-0.2, 0) is 11.3 Å². The van der Waals surface area contributed by atoms with Crippen LogP contribution in [-0.4, -0.2) is 50.6 Å². The zero-order valence-electron chi connectivity index (χ0n) is 14.7. The Bertz CT molecular complexity index is 664. The van der Waals surface area contributed by atoms with Crippen molar-refractivity contribution in [2.45, 2.75) is 6.54 Å². The molecule has 2 N–H and O–H groups in total. The van der Waals surface area contributed by atoms with Crippen molar-refractivity contribution >= 4 is 17.3 Å². The summed E-state index contributed by atoms with van der Waals surface area (Å²) in [4.78, 5) is 16.8. The van der Waals surface area contributed by atoms with E-state index in [-0.39, 0.29) is 5.91 Å². The fourth-order valence-electron chi connectivity index (χ4n) is 2.94. The first kappa shape index (κ1) is 17.5. The third-order valence-electron chi connectivity index (χ3n) is 4.48. The van der Waals surface area contributed by atoms with Gasteiger partial charge in [-0.05, 0) is 36.9 Å².